The van der Waals surface area contributed by atoms with Gasteiger partial charge in [0.05, 0.1) is 27.9 Å². The molecule has 1 aromatic heterocycles. The van der Waals surface area contributed by atoms with E-state index in [2.05, 4.69) is 47.2 Å². The summed E-state index contributed by atoms with van der Waals surface area (Å²) < 4.78 is 9.06. The first kappa shape index (κ1) is 28.8. The number of hydrogen-bond donors (Lipinski definition) is 1. The molecule has 4 aromatic rings. The maximum absolute atomic E-state index is 14.1. The first-order valence-corrected chi connectivity index (χ1v) is 15.2. The summed E-state index contributed by atoms with van der Waals surface area (Å²) in [5, 5.41) is 3.00. The van der Waals surface area contributed by atoms with Crippen LogP contribution in [0.25, 0.3) is 6.08 Å². The molecule has 1 N–H and O–H groups in total. The summed E-state index contributed by atoms with van der Waals surface area (Å²) in [5.74, 6) is 0.759. The molecule has 210 valence electrons. The van der Waals surface area contributed by atoms with Gasteiger partial charge in [0.1, 0.15) is 5.75 Å². The minimum absolute atomic E-state index is 0.0216. The van der Waals surface area contributed by atoms with Crippen molar-refractivity contribution in [1.82, 2.24) is 4.57 Å². The molecule has 0 saturated carbocycles. The van der Waals surface area contributed by atoms with Gasteiger partial charge in [-0.3, -0.25) is 14.2 Å². The molecule has 8 heteroatoms. The topological polar surface area (TPSA) is 72.7 Å². The van der Waals surface area contributed by atoms with Gasteiger partial charge >= 0.3 is 0 Å². The summed E-state index contributed by atoms with van der Waals surface area (Å²) >= 11 is 4.85. The smallest absolute Gasteiger partial charge is 0.271 e. The van der Waals surface area contributed by atoms with Crippen LogP contribution in [-0.2, 0) is 4.79 Å². The number of nitrogens with zero attached hydrogens (tertiary/aromatic N) is 2. The number of hydrogen-bond acceptors (Lipinski definition) is 5. The molecule has 3 aromatic carbocycles. The molecule has 2 heterocycles. The van der Waals surface area contributed by atoms with E-state index in [0.717, 1.165) is 15.6 Å². The van der Waals surface area contributed by atoms with Crippen molar-refractivity contribution in [3.8, 4) is 5.75 Å². The number of nitrogens with one attached hydrogen (secondary N) is 1. The molecule has 0 bridgehead atoms. The van der Waals surface area contributed by atoms with Crippen LogP contribution in [0, 0.1) is 0 Å². The lowest BCUT2D eigenvalue weighted by molar-refractivity contribution is -0.113. The molecular formula is C33H32BrN3O3S. The Hall–Kier alpha value is -3.75. The lowest BCUT2D eigenvalue weighted by atomic mass is 9.93. The number of ether oxygens (including phenoxy) is 1. The molecule has 1 aliphatic rings. The Kier molecular flexibility index (Phi) is 8.42. The van der Waals surface area contributed by atoms with Crippen molar-refractivity contribution in [2.45, 2.75) is 52.7 Å². The summed E-state index contributed by atoms with van der Waals surface area (Å²) in [4.78, 5) is 33.2. The fourth-order valence-electron chi connectivity index (χ4n) is 4.84. The average Bonchev–Trinajstić information content (AvgIpc) is 3.23. The zero-order valence-corrected chi connectivity index (χ0v) is 26.0. The Morgan fingerprint density at radius 2 is 1.76 bits per heavy atom. The number of aromatic nitrogens is 1. The van der Waals surface area contributed by atoms with Crippen molar-refractivity contribution < 1.29 is 9.53 Å². The molecular weight excluding hydrogens is 598 g/mol. The summed E-state index contributed by atoms with van der Waals surface area (Å²) in [7, 11) is 0. The number of carbonyl (C=O) groups is 1. The Labute approximate surface area is 251 Å². The van der Waals surface area contributed by atoms with Crippen LogP contribution in [0.3, 0.4) is 0 Å². The van der Waals surface area contributed by atoms with Gasteiger partial charge in [-0.1, -0.05) is 83.6 Å². The first-order valence-electron chi connectivity index (χ1n) is 13.6. The Balaban J connectivity index is 1.68. The van der Waals surface area contributed by atoms with Crippen LogP contribution in [0.1, 0.15) is 63.3 Å². The molecule has 0 fully saturated rings. The number of anilines is 1. The summed E-state index contributed by atoms with van der Waals surface area (Å²) in [6.45, 7) is 10.0. The van der Waals surface area contributed by atoms with Crippen molar-refractivity contribution >= 4 is 44.9 Å². The van der Waals surface area contributed by atoms with Gasteiger partial charge in [-0.2, -0.15) is 0 Å². The van der Waals surface area contributed by atoms with Crippen molar-refractivity contribution in [2.24, 2.45) is 4.99 Å². The fourth-order valence-corrected chi connectivity index (χ4v) is 6.26. The van der Waals surface area contributed by atoms with Crippen LogP contribution in [0.15, 0.2) is 98.3 Å². The maximum Gasteiger partial charge on any atom is 0.271 e. The molecule has 5 rings (SSSR count). The highest BCUT2D eigenvalue weighted by atomic mass is 79.9. The molecule has 0 aliphatic carbocycles. The van der Waals surface area contributed by atoms with Gasteiger partial charge in [0.25, 0.3) is 11.5 Å². The first-order chi connectivity index (χ1) is 19.6. The van der Waals surface area contributed by atoms with E-state index in [1.807, 2.05) is 87.5 Å². The predicted molar refractivity (Wildman–Crippen MR) is 169 cm³/mol. The molecule has 0 spiro atoms. The highest BCUT2D eigenvalue weighted by molar-refractivity contribution is 9.10. The SMILES string of the molecule is CC1=C(C(=O)Nc2ccccc2)[C@H](c2ccc(C(C)C)cc2)n2c(s/c(=C/c3cc(Br)ccc3OC(C)C)c2=O)=N1. The standard InChI is InChI=1S/C33H32BrN3O3S/c1-19(2)22-11-13-23(14-12-22)30-29(31(38)36-26-9-7-6-8-10-26)21(5)35-33-37(30)32(39)28(41-33)18-24-17-25(34)15-16-27(24)40-20(3)4/h6-20,30H,1-5H3,(H,36,38)/b28-18+/t30-/m0/s1. The number of allylic oxidation sites excluding steroid dienone is 1. The van der Waals surface area contributed by atoms with Gasteiger partial charge in [-0.15, -0.1) is 0 Å². The second-order valence-corrected chi connectivity index (χ2v) is 12.5. The molecule has 0 saturated heterocycles. The molecule has 1 amide bonds. The Bertz CT molecular complexity index is 1800. The third-order valence-corrected chi connectivity index (χ3v) is 8.31. The van der Waals surface area contributed by atoms with Crippen LogP contribution in [0.2, 0.25) is 0 Å². The monoisotopic (exact) mass is 629 g/mol. The summed E-state index contributed by atoms with van der Waals surface area (Å²) in [5.41, 5.74) is 4.31. The number of amides is 1. The third kappa shape index (κ3) is 6.14. The summed E-state index contributed by atoms with van der Waals surface area (Å²) in [6.07, 6.45) is 1.82. The van der Waals surface area contributed by atoms with E-state index in [0.29, 0.717) is 38.0 Å². The predicted octanol–water partition coefficient (Wildman–Crippen LogP) is 6.55. The number of rotatable bonds is 7. The van der Waals surface area contributed by atoms with Crippen LogP contribution in [-0.4, -0.2) is 16.6 Å². The third-order valence-electron chi connectivity index (χ3n) is 6.84. The van der Waals surface area contributed by atoms with E-state index in [1.54, 1.807) is 4.57 Å². The van der Waals surface area contributed by atoms with Gasteiger partial charge < -0.3 is 10.1 Å². The van der Waals surface area contributed by atoms with Crippen LogP contribution in [0.4, 0.5) is 5.69 Å². The highest BCUT2D eigenvalue weighted by Gasteiger charge is 2.32. The number of fused-ring (bicyclic) bond motifs is 1. The lowest BCUT2D eigenvalue weighted by Gasteiger charge is -2.25. The number of halogens is 1. The van der Waals surface area contributed by atoms with Crippen LogP contribution >= 0.6 is 27.3 Å². The highest BCUT2D eigenvalue weighted by Crippen LogP contribution is 2.32. The van der Waals surface area contributed by atoms with E-state index in [1.165, 1.54) is 16.9 Å². The van der Waals surface area contributed by atoms with E-state index < -0.39 is 6.04 Å². The zero-order valence-electron chi connectivity index (χ0n) is 23.6. The van der Waals surface area contributed by atoms with Crippen molar-refractivity contribution in [3.63, 3.8) is 0 Å². The molecule has 0 radical (unpaired) electrons. The average molecular weight is 631 g/mol. The largest absolute Gasteiger partial charge is 0.490 e. The fraction of sp³-hybridized carbons (Fsp3) is 0.242. The number of carbonyl (C=O) groups excluding carboxylic acids is 1. The van der Waals surface area contributed by atoms with Crippen LogP contribution in [0.5, 0.6) is 5.75 Å². The Morgan fingerprint density at radius 1 is 1.05 bits per heavy atom. The molecule has 6 nitrogen and oxygen atoms in total. The van der Waals surface area contributed by atoms with Gasteiger partial charge in [0, 0.05) is 15.7 Å². The van der Waals surface area contributed by atoms with Gasteiger partial charge in [-0.25, -0.2) is 4.99 Å². The minimum atomic E-state index is -0.632. The quantitative estimate of drug-likeness (QED) is 0.252. The zero-order chi connectivity index (χ0) is 29.3. The van der Waals surface area contributed by atoms with E-state index in [-0.39, 0.29) is 17.6 Å². The normalized spacial score (nSPS) is 15.2. The molecule has 41 heavy (non-hydrogen) atoms. The van der Waals surface area contributed by atoms with E-state index >= 15 is 0 Å². The lowest BCUT2D eigenvalue weighted by Crippen LogP contribution is -2.40. The Morgan fingerprint density at radius 3 is 2.41 bits per heavy atom. The van der Waals surface area contributed by atoms with Crippen molar-refractivity contribution in [2.75, 3.05) is 5.32 Å². The second-order valence-electron chi connectivity index (χ2n) is 10.6. The summed E-state index contributed by atoms with van der Waals surface area (Å²) in [6, 6.07) is 22.6. The van der Waals surface area contributed by atoms with Crippen LogP contribution < -0.4 is 24.9 Å². The maximum atomic E-state index is 14.1. The number of thiazole rings is 1. The molecule has 1 atom stereocenters. The van der Waals surface area contributed by atoms with E-state index in [9.17, 15) is 9.59 Å². The van der Waals surface area contributed by atoms with Gasteiger partial charge in [0.15, 0.2) is 4.80 Å². The minimum Gasteiger partial charge on any atom is -0.490 e. The number of benzene rings is 3. The van der Waals surface area contributed by atoms with Crippen molar-refractivity contribution in [1.29, 1.82) is 0 Å². The van der Waals surface area contributed by atoms with Crippen molar-refractivity contribution in [3.05, 3.63) is 125 Å². The molecule has 1 aliphatic heterocycles. The molecule has 0 unspecified atom stereocenters. The number of para-hydroxylation sites is 1. The van der Waals surface area contributed by atoms with Gasteiger partial charge in [0.2, 0.25) is 0 Å². The second kappa shape index (κ2) is 12.0. The van der Waals surface area contributed by atoms with E-state index in [4.69, 9.17) is 9.73 Å². The van der Waals surface area contributed by atoms with Gasteiger partial charge in [-0.05, 0) is 74.2 Å².